The fourth-order valence-corrected chi connectivity index (χ4v) is 4.87. The Bertz CT molecular complexity index is 1310. The molecular weight excluding hydrogens is 466 g/mol. The summed E-state index contributed by atoms with van der Waals surface area (Å²) in [6.07, 6.45) is 0. The predicted molar refractivity (Wildman–Crippen MR) is 135 cm³/mol. The summed E-state index contributed by atoms with van der Waals surface area (Å²) >= 11 is 0. The number of anilines is 1. The number of aryl methyl sites for hydroxylation is 1. The monoisotopic (exact) mass is 495 g/mol. The zero-order valence-electron chi connectivity index (χ0n) is 19.9. The molecule has 0 saturated carbocycles. The van der Waals surface area contributed by atoms with Crippen LogP contribution in [0.25, 0.3) is 0 Å². The maximum absolute atomic E-state index is 12.9. The number of hydrogen-bond donors (Lipinski definition) is 2. The Kier molecular flexibility index (Phi) is 7.28. The van der Waals surface area contributed by atoms with E-state index >= 15 is 0 Å². The van der Waals surface area contributed by atoms with Gasteiger partial charge >= 0.3 is 0 Å². The Balaban J connectivity index is 1.45. The average molecular weight is 496 g/mol. The van der Waals surface area contributed by atoms with Gasteiger partial charge in [0.1, 0.15) is 13.2 Å². The van der Waals surface area contributed by atoms with E-state index in [4.69, 9.17) is 9.47 Å². The van der Waals surface area contributed by atoms with E-state index in [9.17, 15) is 13.2 Å². The molecule has 8 nitrogen and oxygen atoms in total. The number of rotatable bonds is 8. The molecule has 3 aromatic rings. The summed E-state index contributed by atoms with van der Waals surface area (Å²) in [5, 5.41) is 2.96. The first-order valence-electron chi connectivity index (χ1n) is 11.3. The van der Waals surface area contributed by atoms with E-state index in [0.717, 1.165) is 5.56 Å². The second-order valence-corrected chi connectivity index (χ2v) is 10.3. The molecule has 0 fully saturated rings. The van der Waals surface area contributed by atoms with Crippen molar-refractivity contribution in [2.75, 3.05) is 38.6 Å². The second-order valence-electron chi connectivity index (χ2n) is 8.59. The molecule has 4 rings (SSSR count). The number of benzene rings is 3. The number of nitrogens with zero attached hydrogens (tertiary/aromatic N) is 1. The molecule has 1 heterocycles. The van der Waals surface area contributed by atoms with Crippen molar-refractivity contribution in [1.82, 2.24) is 10.2 Å². The van der Waals surface area contributed by atoms with Crippen molar-refractivity contribution in [2.24, 2.45) is 0 Å². The summed E-state index contributed by atoms with van der Waals surface area (Å²) in [7, 11) is 0.0348. The van der Waals surface area contributed by atoms with Gasteiger partial charge in [0, 0.05) is 23.9 Å². The highest BCUT2D eigenvalue weighted by atomic mass is 32.2. The minimum atomic E-state index is -3.89. The van der Waals surface area contributed by atoms with Crippen molar-refractivity contribution in [3.8, 4) is 11.5 Å². The van der Waals surface area contributed by atoms with Crippen molar-refractivity contribution in [3.63, 3.8) is 0 Å². The fourth-order valence-electron chi connectivity index (χ4n) is 3.81. The Morgan fingerprint density at radius 3 is 2.40 bits per heavy atom. The standard InChI is InChI=1S/C26H29N3O5S/c1-18-7-9-19(10-8-18)23(29(2)3)17-27-26(30)20-5-4-6-21(15-20)28-35(31,32)22-11-12-24-25(16-22)34-14-13-33-24/h4-12,15-16,23,28H,13-14,17H2,1-3H3,(H,27,30). The molecule has 0 aromatic heterocycles. The van der Waals surface area contributed by atoms with Gasteiger partial charge in [-0.3, -0.25) is 9.52 Å². The van der Waals surface area contributed by atoms with Gasteiger partial charge < -0.3 is 19.7 Å². The molecule has 0 bridgehead atoms. The van der Waals surface area contributed by atoms with E-state index < -0.39 is 10.0 Å². The number of hydrogen-bond acceptors (Lipinski definition) is 6. The van der Waals surface area contributed by atoms with E-state index in [2.05, 4.69) is 22.2 Å². The summed E-state index contributed by atoms with van der Waals surface area (Å²) in [4.78, 5) is 15.0. The number of sulfonamides is 1. The quantitative estimate of drug-likeness (QED) is 0.496. The maximum atomic E-state index is 12.9. The number of amides is 1. The summed E-state index contributed by atoms with van der Waals surface area (Å²) in [6.45, 7) is 3.22. The van der Waals surface area contributed by atoms with E-state index in [-0.39, 0.29) is 22.5 Å². The van der Waals surface area contributed by atoms with Crippen molar-refractivity contribution in [1.29, 1.82) is 0 Å². The number of carbonyl (C=O) groups excluding carboxylic acids is 1. The molecule has 35 heavy (non-hydrogen) atoms. The normalized spacial score (nSPS) is 13.8. The van der Waals surface area contributed by atoms with Crippen LogP contribution in [0.3, 0.4) is 0 Å². The zero-order valence-corrected chi connectivity index (χ0v) is 20.8. The number of likely N-dealkylation sites (N-methyl/N-ethyl adjacent to an activating group) is 1. The molecule has 9 heteroatoms. The van der Waals surface area contributed by atoms with Gasteiger partial charge in [0.2, 0.25) is 0 Å². The van der Waals surface area contributed by atoms with E-state index in [1.165, 1.54) is 23.8 Å². The van der Waals surface area contributed by atoms with Gasteiger partial charge in [0.15, 0.2) is 11.5 Å². The van der Waals surface area contributed by atoms with Gasteiger partial charge in [-0.15, -0.1) is 0 Å². The van der Waals surface area contributed by atoms with Crippen LogP contribution in [-0.4, -0.2) is 53.1 Å². The van der Waals surface area contributed by atoms with Gasteiger partial charge in [0.25, 0.3) is 15.9 Å². The molecule has 0 spiro atoms. The van der Waals surface area contributed by atoms with Gasteiger partial charge in [-0.25, -0.2) is 8.42 Å². The van der Waals surface area contributed by atoms with Crippen LogP contribution in [0.1, 0.15) is 27.5 Å². The number of nitrogens with one attached hydrogen (secondary N) is 2. The lowest BCUT2D eigenvalue weighted by Crippen LogP contribution is -2.34. The van der Waals surface area contributed by atoms with Crippen LogP contribution < -0.4 is 19.5 Å². The van der Waals surface area contributed by atoms with Gasteiger partial charge in [-0.2, -0.15) is 0 Å². The highest BCUT2D eigenvalue weighted by molar-refractivity contribution is 7.92. The van der Waals surface area contributed by atoms with Crippen molar-refractivity contribution in [2.45, 2.75) is 17.9 Å². The van der Waals surface area contributed by atoms with Gasteiger partial charge in [-0.05, 0) is 56.9 Å². The van der Waals surface area contributed by atoms with Crippen LogP contribution in [0.4, 0.5) is 5.69 Å². The summed E-state index contributed by atoms with van der Waals surface area (Å²) in [5.74, 6) is 0.608. The zero-order chi connectivity index (χ0) is 25.0. The molecule has 0 saturated heterocycles. The Morgan fingerprint density at radius 1 is 0.971 bits per heavy atom. The third-order valence-electron chi connectivity index (χ3n) is 5.74. The van der Waals surface area contributed by atoms with Crippen LogP contribution in [0.15, 0.2) is 71.6 Å². The van der Waals surface area contributed by atoms with Crippen LogP contribution in [0, 0.1) is 6.92 Å². The minimum Gasteiger partial charge on any atom is -0.486 e. The first kappa shape index (κ1) is 24.6. The lowest BCUT2D eigenvalue weighted by molar-refractivity contribution is 0.0942. The lowest BCUT2D eigenvalue weighted by Gasteiger charge is -2.25. The van der Waals surface area contributed by atoms with Crippen LogP contribution in [0.5, 0.6) is 11.5 Å². The minimum absolute atomic E-state index is 0.00329. The Morgan fingerprint density at radius 2 is 1.69 bits per heavy atom. The molecule has 1 aliphatic rings. The topological polar surface area (TPSA) is 97.0 Å². The molecule has 3 aromatic carbocycles. The number of ether oxygens (including phenoxy) is 2. The Hall–Kier alpha value is -3.56. The van der Waals surface area contributed by atoms with Crippen LogP contribution >= 0.6 is 0 Å². The molecule has 1 unspecified atom stereocenters. The predicted octanol–water partition coefficient (Wildman–Crippen LogP) is 3.60. The van der Waals surface area contributed by atoms with Gasteiger partial charge in [0.05, 0.1) is 10.9 Å². The molecule has 184 valence electrons. The van der Waals surface area contributed by atoms with Crippen LogP contribution in [0.2, 0.25) is 0 Å². The first-order chi connectivity index (χ1) is 16.7. The molecule has 0 aliphatic carbocycles. The van der Waals surface area contributed by atoms with Crippen molar-refractivity contribution < 1.29 is 22.7 Å². The third kappa shape index (κ3) is 5.93. The Labute approximate surface area is 205 Å². The molecule has 1 amide bonds. The second kappa shape index (κ2) is 10.4. The smallest absolute Gasteiger partial charge is 0.262 e. The maximum Gasteiger partial charge on any atom is 0.262 e. The average Bonchev–Trinajstić information content (AvgIpc) is 2.84. The van der Waals surface area contributed by atoms with Crippen molar-refractivity contribution in [3.05, 3.63) is 83.4 Å². The summed E-state index contributed by atoms with van der Waals surface area (Å²) in [5.41, 5.74) is 2.91. The molecular formula is C26H29N3O5S. The summed E-state index contributed by atoms with van der Waals surface area (Å²) < 4.78 is 39.3. The molecule has 2 N–H and O–H groups in total. The largest absolute Gasteiger partial charge is 0.486 e. The van der Waals surface area contributed by atoms with E-state index in [1.54, 1.807) is 24.3 Å². The number of carbonyl (C=O) groups is 1. The first-order valence-corrected chi connectivity index (χ1v) is 12.7. The highest BCUT2D eigenvalue weighted by Crippen LogP contribution is 2.32. The highest BCUT2D eigenvalue weighted by Gasteiger charge is 2.20. The lowest BCUT2D eigenvalue weighted by atomic mass is 10.0. The molecule has 0 radical (unpaired) electrons. The molecule has 1 aliphatic heterocycles. The van der Waals surface area contributed by atoms with E-state index in [0.29, 0.717) is 36.8 Å². The molecule has 1 atom stereocenters. The number of fused-ring (bicyclic) bond motifs is 1. The summed E-state index contributed by atoms with van der Waals surface area (Å²) in [6, 6.07) is 19.1. The third-order valence-corrected chi connectivity index (χ3v) is 7.12. The van der Waals surface area contributed by atoms with Gasteiger partial charge in [-0.1, -0.05) is 35.9 Å². The van der Waals surface area contributed by atoms with E-state index in [1.807, 2.05) is 38.1 Å². The van der Waals surface area contributed by atoms with Crippen LogP contribution in [-0.2, 0) is 10.0 Å². The SMILES string of the molecule is Cc1ccc(C(CNC(=O)c2cccc(NS(=O)(=O)c3ccc4c(c3)OCCO4)c2)N(C)C)cc1. The fraction of sp³-hybridized carbons (Fsp3) is 0.269. The van der Waals surface area contributed by atoms with Crippen molar-refractivity contribution >= 4 is 21.6 Å².